The van der Waals surface area contributed by atoms with Crippen LogP contribution in [0.1, 0.15) is 78.7 Å². The van der Waals surface area contributed by atoms with Crippen LogP contribution in [0.2, 0.25) is 0 Å². The molecule has 6 heteroatoms. The van der Waals surface area contributed by atoms with Crippen LogP contribution in [0.3, 0.4) is 0 Å². The Morgan fingerprint density at radius 2 is 1.68 bits per heavy atom. The van der Waals surface area contributed by atoms with Crippen LogP contribution in [-0.2, 0) is 4.74 Å². The molecule has 1 aromatic heterocycles. The Labute approximate surface area is 243 Å². The van der Waals surface area contributed by atoms with E-state index in [2.05, 4.69) is 91.6 Å². The molecule has 1 amide bonds. The summed E-state index contributed by atoms with van der Waals surface area (Å²) < 4.78 is 11.6. The molecular formula is C35H41N3O3. The van der Waals surface area contributed by atoms with E-state index in [1.165, 1.54) is 48.2 Å². The van der Waals surface area contributed by atoms with Gasteiger partial charge in [0.15, 0.2) is 0 Å². The van der Waals surface area contributed by atoms with E-state index in [-0.39, 0.29) is 23.7 Å². The fourth-order valence-corrected chi connectivity index (χ4v) is 6.84. The van der Waals surface area contributed by atoms with E-state index in [0.29, 0.717) is 23.3 Å². The second kappa shape index (κ2) is 10.7. The van der Waals surface area contributed by atoms with E-state index in [0.717, 1.165) is 12.0 Å². The molecule has 41 heavy (non-hydrogen) atoms. The zero-order valence-corrected chi connectivity index (χ0v) is 24.9. The second-order valence-corrected chi connectivity index (χ2v) is 13.1. The van der Waals surface area contributed by atoms with Gasteiger partial charge in [0.1, 0.15) is 12.4 Å². The summed E-state index contributed by atoms with van der Waals surface area (Å²) in [6, 6.07) is 19.2. The third-order valence-corrected chi connectivity index (χ3v) is 8.74. The molecule has 0 bridgehead atoms. The van der Waals surface area contributed by atoms with Gasteiger partial charge in [-0.25, -0.2) is 0 Å². The van der Waals surface area contributed by atoms with Crippen LogP contribution >= 0.6 is 0 Å². The number of ether oxygens (including phenoxy) is 2. The Hall–Kier alpha value is -3.48. The highest BCUT2D eigenvalue weighted by molar-refractivity contribution is 5.94. The molecule has 6 nitrogen and oxygen atoms in total. The van der Waals surface area contributed by atoms with Crippen molar-refractivity contribution >= 4 is 11.5 Å². The van der Waals surface area contributed by atoms with E-state index in [1.807, 2.05) is 6.92 Å². The van der Waals surface area contributed by atoms with Crippen molar-refractivity contribution < 1.29 is 14.3 Å². The molecule has 3 aromatic rings. The molecule has 0 radical (unpaired) electrons. The highest BCUT2D eigenvalue weighted by Crippen LogP contribution is 2.54. The molecule has 2 atom stereocenters. The van der Waals surface area contributed by atoms with Crippen molar-refractivity contribution in [2.75, 3.05) is 26.7 Å². The van der Waals surface area contributed by atoms with Gasteiger partial charge in [0, 0.05) is 31.1 Å². The smallest absolute Gasteiger partial charge is 0.253 e. The molecule has 1 aliphatic carbocycles. The van der Waals surface area contributed by atoms with Gasteiger partial charge in [-0.3, -0.25) is 9.78 Å². The molecule has 3 aliphatic rings. The Balaban J connectivity index is 1.12. The number of rotatable bonds is 8. The largest absolute Gasteiger partial charge is 0.489 e. The van der Waals surface area contributed by atoms with Crippen molar-refractivity contribution in [3.05, 3.63) is 100 Å². The van der Waals surface area contributed by atoms with E-state index in [1.54, 1.807) is 24.0 Å². The number of nitrogens with one attached hydrogen (secondary N) is 1. The summed E-state index contributed by atoms with van der Waals surface area (Å²) in [4.78, 5) is 19.7. The Morgan fingerprint density at radius 3 is 2.29 bits per heavy atom. The van der Waals surface area contributed by atoms with Crippen LogP contribution in [0, 0.1) is 12.3 Å². The zero-order valence-electron chi connectivity index (χ0n) is 24.9. The fourth-order valence-electron chi connectivity index (χ4n) is 6.84. The van der Waals surface area contributed by atoms with Crippen LogP contribution in [0.4, 0.5) is 0 Å². The van der Waals surface area contributed by atoms with Gasteiger partial charge >= 0.3 is 0 Å². The number of pyridine rings is 1. The standard InChI is InChI=1S/C35H41N3O3/c1-23-6-8-26(9-7-23)32(29-15-35(16-29)21-38(5)22-35)27-12-10-25(11-13-27)24(2)37-33(39)28-14-30(19-36-18-28)40-20-31-17-34(3,4)41-31/h6-14,18-19,24,31H,15-17,20-22H2,1-5H3,(H,37,39)/t24-,31?/m1/s1. The minimum atomic E-state index is -0.173. The Morgan fingerprint density at radius 1 is 1.05 bits per heavy atom. The van der Waals surface area contributed by atoms with Crippen molar-refractivity contribution in [1.82, 2.24) is 15.2 Å². The maximum Gasteiger partial charge on any atom is 0.253 e. The monoisotopic (exact) mass is 551 g/mol. The summed E-state index contributed by atoms with van der Waals surface area (Å²) in [6.07, 6.45) is 6.60. The third kappa shape index (κ3) is 5.95. The normalized spacial score (nSPS) is 21.3. The van der Waals surface area contributed by atoms with Gasteiger partial charge in [-0.2, -0.15) is 0 Å². The van der Waals surface area contributed by atoms with Crippen molar-refractivity contribution in [2.45, 2.75) is 64.7 Å². The summed E-state index contributed by atoms with van der Waals surface area (Å²) in [5.41, 5.74) is 8.66. The van der Waals surface area contributed by atoms with Gasteiger partial charge in [-0.05, 0) is 75.9 Å². The first kappa shape index (κ1) is 27.7. The molecule has 2 saturated heterocycles. The Kier molecular flexibility index (Phi) is 7.25. The summed E-state index contributed by atoms with van der Waals surface area (Å²) in [7, 11) is 2.21. The quantitative estimate of drug-likeness (QED) is 0.353. The molecule has 1 saturated carbocycles. The highest BCUT2D eigenvalue weighted by atomic mass is 16.6. The molecule has 2 aromatic carbocycles. The second-order valence-electron chi connectivity index (χ2n) is 13.1. The number of benzene rings is 2. The highest BCUT2D eigenvalue weighted by Gasteiger charge is 2.49. The van der Waals surface area contributed by atoms with Crippen molar-refractivity contribution in [1.29, 1.82) is 0 Å². The third-order valence-electron chi connectivity index (χ3n) is 8.74. The Bertz CT molecular complexity index is 1430. The number of amides is 1. The number of carbonyl (C=O) groups is 1. The average molecular weight is 552 g/mol. The first-order chi connectivity index (χ1) is 19.6. The summed E-state index contributed by atoms with van der Waals surface area (Å²) in [6.45, 7) is 11.1. The van der Waals surface area contributed by atoms with Crippen LogP contribution in [-0.4, -0.2) is 54.2 Å². The minimum Gasteiger partial charge on any atom is -0.489 e. The van der Waals surface area contributed by atoms with Gasteiger partial charge in [0.05, 0.1) is 29.5 Å². The maximum atomic E-state index is 13.1. The van der Waals surface area contributed by atoms with Gasteiger partial charge in [0.2, 0.25) is 0 Å². The number of likely N-dealkylation sites (tertiary alicyclic amines) is 1. The van der Waals surface area contributed by atoms with Gasteiger partial charge in [-0.1, -0.05) is 59.7 Å². The molecule has 214 valence electrons. The molecule has 1 spiro atoms. The van der Waals surface area contributed by atoms with Gasteiger partial charge < -0.3 is 19.7 Å². The van der Waals surface area contributed by atoms with Crippen molar-refractivity contribution in [3.63, 3.8) is 0 Å². The lowest BCUT2D eigenvalue weighted by atomic mass is 9.59. The predicted molar refractivity (Wildman–Crippen MR) is 162 cm³/mol. The fraction of sp³-hybridized carbons (Fsp3) is 0.429. The first-order valence-electron chi connectivity index (χ1n) is 14.7. The van der Waals surface area contributed by atoms with Gasteiger partial charge in [0.25, 0.3) is 5.91 Å². The number of carbonyl (C=O) groups excluding carboxylic acids is 1. The average Bonchev–Trinajstić information content (AvgIpc) is 2.90. The van der Waals surface area contributed by atoms with Crippen LogP contribution < -0.4 is 10.1 Å². The van der Waals surface area contributed by atoms with Gasteiger partial charge in [-0.15, -0.1) is 0 Å². The molecule has 6 rings (SSSR count). The number of nitrogens with zero attached hydrogens (tertiary/aromatic N) is 2. The summed E-state index contributed by atoms with van der Waals surface area (Å²) >= 11 is 0. The van der Waals surface area contributed by atoms with E-state index < -0.39 is 0 Å². The zero-order chi connectivity index (χ0) is 28.8. The molecule has 1 unspecified atom stereocenters. The minimum absolute atomic E-state index is 0.0746. The van der Waals surface area contributed by atoms with Crippen LogP contribution in [0.25, 0.3) is 5.57 Å². The molecule has 2 aliphatic heterocycles. The van der Waals surface area contributed by atoms with E-state index >= 15 is 0 Å². The number of aryl methyl sites for hydroxylation is 1. The topological polar surface area (TPSA) is 63.7 Å². The first-order valence-corrected chi connectivity index (χ1v) is 14.7. The number of allylic oxidation sites excluding steroid dienone is 1. The molecule has 1 N–H and O–H groups in total. The number of hydrogen-bond donors (Lipinski definition) is 1. The summed E-state index contributed by atoms with van der Waals surface area (Å²) in [5, 5.41) is 3.12. The SMILES string of the molecule is Cc1ccc(C(=C2CC3(C2)CN(C)C3)c2ccc([C@@H](C)NC(=O)c3cncc(OCC4CC(C)(C)O4)c3)cc2)cc1. The molecule has 3 heterocycles. The maximum absolute atomic E-state index is 13.1. The lowest BCUT2D eigenvalue weighted by Gasteiger charge is -2.56. The molecular weight excluding hydrogens is 510 g/mol. The lowest BCUT2D eigenvalue weighted by molar-refractivity contribution is -0.194. The van der Waals surface area contributed by atoms with Crippen LogP contribution in [0.5, 0.6) is 5.75 Å². The van der Waals surface area contributed by atoms with Crippen molar-refractivity contribution in [3.8, 4) is 5.75 Å². The lowest BCUT2D eigenvalue weighted by Crippen LogP contribution is -2.58. The predicted octanol–water partition coefficient (Wildman–Crippen LogP) is 6.35. The van der Waals surface area contributed by atoms with Crippen molar-refractivity contribution in [2.24, 2.45) is 5.41 Å². The number of hydrogen-bond acceptors (Lipinski definition) is 5. The van der Waals surface area contributed by atoms with E-state index in [9.17, 15) is 4.79 Å². The molecule has 3 fully saturated rings. The van der Waals surface area contributed by atoms with E-state index in [4.69, 9.17) is 9.47 Å². The number of aromatic nitrogens is 1. The summed E-state index contributed by atoms with van der Waals surface area (Å²) in [5.74, 6) is 0.402. The van der Waals surface area contributed by atoms with Crippen LogP contribution in [0.15, 0.2) is 72.6 Å².